The predicted octanol–water partition coefficient (Wildman–Crippen LogP) is 1.21. The second-order valence-electron chi connectivity index (χ2n) is 6.42. The molecule has 0 spiro atoms. The highest BCUT2D eigenvalue weighted by Crippen LogP contribution is 2.25. The Balaban J connectivity index is 2.58. The number of hydrogen-bond acceptors (Lipinski definition) is 6. The smallest absolute Gasteiger partial charge is 0.407 e. The Labute approximate surface area is 132 Å². The van der Waals surface area contributed by atoms with Crippen LogP contribution in [0.25, 0.3) is 0 Å². The van der Waals surface area contributed by atoms with Gasteiger partial charge in [-0.1, -0.05) is 0 Å². The average molecular weight is 316 g/mol. The molecule has 1 aliphatic carbocycles. The Bertz CT molecular complexity index is 394. The van der Waals surface area contributed by atoms with E-state index >= 15 is 0 Å². The molecule has 1 aliphatic rings. The molecule has 0 aromatic carbocycles. The summed E-state index contributed by atoms with van der Waals surface area (Å²) in [4.78, 5) is 23.4. The first-order valence-corrected chi connectivity index (χ1v) is 7.63. The van der Waals surface area contributed by atoms with Gasteiger partial charge in [-0.25, -0.2) is 4.79 Å². The quantitative estimate of drug-likeness (QED) is 0.716. The molecular weight excluding hydrogens is 288 g/mol. The van der Waals surface area contributed by atoms with Gasteiger partial charge >= 0.3 is 12.1 Å². The van der Waals surface area contributed by atoms with Gasteiger partial charge in [-0.05, 0) is 41.0 Å². The van der Waals surface area contributed by atoms with Crippen LogP contribution in [-0.4, -0.2) is 55.6 Å². The standard InChI is InChI=1S/C15H28N2O5/c1-7-21-11-8-10(17-14(19)22-15(3,4)5)12(11)16-9(2)13(18)20-6/h9-12,16H,7-8H2,1-6H3,(H,17,19). The number of hydrogen-bond donors (Lipinski definition) is 2. The molecule has 128 valence electrons. The van der Waals surface area contributed by atoms with Crippen molar-refractivity contribution < 1.29 is 23.8 Å². The van der Waals surface area contributed by atoms with Gasteiger partial charge in [-0.15, -0.1) is 0 Å². The number of rotatable bonds is 6. The van der Waals surface area contributed by atoms with Gasteiger partial charge in [0.1, 0.15) is 11.6 Å². The molecule has 0 aromatic heterocycles. The highest BCUT2D eigenvalue weighted by Gasteiger charge is 2.44. The number of alkyl carbamates (subject to hydrolysis) is 1. The van der Waals surface area contributed by atoms with Crippen molar-refractivity contribution in [3.63, 3.8) is 0 Å². The van der Waals surface area contributed by atoms with Crippen LogP contribution in [0.3, 0.4) is 0 Å². The van der Waals surface area contributed by atoms with Crippen LogP contribution < -0.4 is 10.6 Å². The molecule has 2 N–H and O–H groups in total. The van der Waals surface area contributed by atoms with Crippen LogP contribution >= 0.6 is 0 Å². The van der Waals surface area contributed by atoms with Crippen molar-refractivity contribution in [3.05, 3.63) is 0 Å². The molecule has 1 amide bonds. The molecular formula is C15H28N2O5. The van der Waals surface area contributed by atoms with Gasteiger partial charge in [-0.2, -0.15) is 0 Å². The largest absolute Gasteiger partial charge is 0.468 e. The molecule has 0 saturated heterocycles. The monoisotopic (exact) mass is 316 g/mol. The summed E-state index contributed by atoms with van der Waals surface area (Å²) < 4.78 is 15.6. The zero-order valence-corrected chi connectivity index (χ0v) is 14.3. The Kier molecular flexibility index (Phi) is 6.62. The molecule has 4 unspecified atom stereocenters. The SMILES string of the molecule is CCOC1CC(NC(=O)OC(C)(C)C)C1NC(C)C(=O)OC. The molecule has 1 fully saturated rings. The Morgan fingerprint density at radius 2 is 1.95 bits per heavy atom. The fraction of sp³-hybridized carbons (Fsp3) is 0.867. The zero-order valence-electron chi connectivity index (χ0n) is 14.3. The minimum atomic E-state index is -0.546. The molecule has 22 heavy (non-hydrogen) atoms. The van der Waals surface area contributed by atoms with Gasteiger partial charge < -0.3 is 19.5 Å². The van der Waals surface area contributed by atoms with Gasteiger partial charge in [0.25, 0.3) is 0 Å². The van der Waals surface area contributed by atoms with Gasteiger partial charge in [-0.3, -0.25) is 10.1 Å². The van der Waals surface area contributed by atoms with Gasteiger partial charge in [0, 0.05) is 6.61 Å². The molecule has 0 radical (unpaired) electrons. The third-order valence-electron chi connectivity index (χ3n) is 3.40. The van der Waals surface area contributed by atoms with E-state index in [2.05, 4.69) is 10.6 Å². The van der Waals surface area contributed by atoms with Crippen LogP contribution in [0, 0.1) is 0 Å². The van der Waals surface area contributed by atoms with E-state index in [9.17, 15) is 9.59 Å². The third kappa shape index (κ3) is 5.46. The Morgan fingerprint density at radius 1 is 1.32 bits per heavy atom. The molecule has 4 atom stereocenters. The zero-order chi connectivity index (χ0) is 16.9. The van der Waals surface area contributed by atoms with Crippen LogP contribution in [0.15, 0.2) is 0 Å². The highest BCUT2D eigenvalue weighted by atomic mass is 16.6. The minimum absolute atomic E-state index is 0.0444. The number of esters is 1. The maximum absolute atomic E-state index is 11.9. The Hall–Kier alpha value is -1.34. The van der Waals surface area contributed by atoms with Crippen LogP contribution in [-0.2, 0) is 19.0 Å². The fourth-order valence-electron chi connectivity index (χ4n) is 2.36. The van der Waals surface area contributed by atoms with E-state index in [1.54, 1.807) is 6.92 Å². The first-order valence-electron chi connectivity index (χ1n) is 7.63. The van der Waals surface area contributed by atoms with E-state index in [0.29, 0.717) is 13.0 Å². The van der Waals surface area contributed by atoms with E-state index in [0.717, 1.165) is 0 Å². The molecule has 1 saturated carbocycles. The molecule has 1 rings (SSSR count). The summed E-state index contributed by atoms with van der Waals surface area (Å²) in [5.74, 6) is -0.349. The van der Waals surface area contributed by atoms with Crippen molar-refractivity contribution in [1.29, 1.82) is 0 Å². The lowest BCUT2D eigenvalue weighted by Gasteiger charge is -2.45. The average Bonchev–Trinajstić information content (AvgIpc) is 2.40. The van der Waals surface area contributed by atoms with E-state index in [4.69, 9.17) is 14.2 Å². The summed E-state index contributed by atoms with van der Waals surface area (Å²) >= 11 is 0. The number of methoxy groups -OCH3 is 1. The van der Waals surface area contributed by atoms with E-state index < -0.39 is 17.7 Å². The number of carbonyl (C=O) groups excluding carboxylic acids is 2. The second-order valence-corrected chi connectivity index (χ2v) is 6.42. The first-order chi connectivity index (χ1) is 10.2. The summed E-state index contributed by atoms with van der Waals surface area (Å²) in [5, 5.41) is 5.97. The van der Waals surface area contributed by atoms with Crippen LogP contribution in [0.1, 0.15) is 41.0 Å². The first kappa shape index (κ1) is 18.7. The van der Waals surface area contributed by atoms with Crippen LogP contribution in [0.5, 0.6) is 0 Å². The predicted molar refractivity (Wildman–Crippen MR) is 81.6 cm³/mol. The summed E-state index contributed by atoms with van der Waals surface area (Å²) in [6.07, 6.45) is 0.167. The second kappa shape index (κ2) is 7.78. The Morgan fingerprint density at radius 3 is 2.45 bits per heavy atom. The van der Waals surface area contributed by atoms with E-state index in [1.807, 2.05) is 27.7 Å². The summed E-state index contributed by atoms with van der Waals surface area (Å²) in [6, 6.07) is -0.763. The lowest BCUT2D eigenvalue weighted by molar-refractivity contribution is -0.144. The van der Waals surface area contributed by atoms with Crippen molar-refractivity contribution in [3.8, 4) is 0 Å². The fourth-order valence-corrected chi connectivity index (χ4v) is 2.36. The number of ether oxygens (including phenoxy) is 3. The van der Waals surface area contributed by atoms with Crippen molar-refractivity contribution in [1.82, 2.24) is 10.6 Å². The van der Waals surface area contributed by atoms with Crippen LogP contribution in [0.4, 0.5) is 4.79 Å². The van der Waals surface area contributed by atoms with Crippen LogP contribution in [0.2, 0.25) is 0 Å². The van der Waals surface area contributed by atoms with E-state index in [1.165, 1.54) is 7.11 Å². The normalized spacial score (nSPS) is 25.8. The third-order valence-corrected chi connectivity index (χ3v) is 3.40. The van der Waals surface area contributed by atoms with E-state index in [-0.39, 0.29) is 24.2 Å². The topological polar surface area (TPSA) is 85.9 Å². The summed E-state index contributed by atoms with van der Waals surface area (Å²) in [7, 11) is 1.34. The maximum atomic E-state index is 11.9. The summed E-state index contributed by atoms with van der Waals surface area (Å²) in [6.45, 7) is 9.64. The van der Waals surface area contributed by atoms with Gasteiger partial charge in [0.05, 0.1) is 25.3 Å². The van der Waals surface area contributed by atoms with Gasteiger partial charge in [0.2, 0.25) is 0 Å². The van der Waals surface area contributed by atoms with Crippen molar-refractivity contribution in [2.75, 3.05) is 13.7 Å². The molecule has 7 nitrogen and oxygen atoms in total. The number of amides is 1. The lowest BCUT2D eigenvalue weighted by atomic mass is 9.82. The molecule has 0 aromatic rings. The van der Waals surface area contributed by atoms with Gasteiger partial charge in [0.15, 0.2) is 0 Å². The van der Waals surface area contributed by atoms with Crippen molar-refractivity contribution in [2.45, 2.75) is 70.9 Å². The molecule has 7 heteroatoms. The van der Waals surface area contributed by atoms with Crippen molar-refractivity contribution >= 4 is 12.1 Å². The summed E-state index contributed by atoms with van der Waals surface area (Å²) in [5.41, 5.74) is -0.546. The number of nitrogens with one attached hydrogen (secondary N) is 2. The minimum Gasteiger partial charge on any atom is -0.468 e. The lowest BCUT2D eigenvalue weighted by Crippen LogP contribution is -2.68. The number of carbonyl (C=O) groups is 2. The maximum Gasteiger partial charge on any atom is 0.407 e. The highest BCUT2D eigenvalue weighted by molar-refractivity contribution is 5.75. The molecule has 0 aliphatic heterocycles. The molecule has 0 bridgehead atoms. The molecule has 0 heterocycles. The van der Waals surface area contributed by atoms with Crippen molar-refractivity contribution in [2.24, 2.45) is 0 Å².